The summed E-state index contributed by atoms with van der Waals surface area (Å²) in [6.07, 6.45) is 0.0906. The number of carbonyl (C=O) groups is 2. The van der Waals surface area contributed by atoms with Crippen LogP contribution in [0.25, 0.3) is 0 Å². The van der Waals surface area contributed by atoms with E-state index in [1.165, 1.54) is 19.2 Å². The number of hydrogen-bond donors (Lipinski definition) is 1. The van der Waals surface area contributed by atoms with E-state index < -0.39 is 11.9 Å². The molecule has 1 fully saturated rings. The van der Waals surface area contributed by atoms with Gasteiger partial charge in [-0.15, -0.1) is 0 Å². The van der Waals surface area contributed by atoms with E-state index in [2.05, 4.69) is 5.32 Å². The van der Waals surface area contributed by atoms with E-state index in [1.54, 1.807) is 6.92 Å². The first-order chi connectivity index (χ1) is 9.31. The molecule has 2 rings (SSSR count). The van der Waals surface area contributed by atoms with E-state index in [-0.39, 0.29) is 29.3 Å². The fourth-order valence-electron chi connectivity index (χ4n) is 2.15. The number of nitrogens with zero attached hydrogens (tertiary/aromatic N) is 1. The minimum absolute atomic E-state index is 0.0576. The first kappa shape index (κ1) is 15.2. The van der Waals surface area contributed by atoms with Crippen molar-refractivity contribution in [1.82, 2.24) is 10.2 Å². The molecule has 0 radical (unpaired) electrons. The lowest BCUT2D eigenvalue weighted by Gasteiger charge is -2.19. The number of likely N-dealkylation sites (tertiary alicyclic amines) is 1. The van der Waals surface area contributed by atoms with Crippen LogP contribution in [-0.4, -0.2) is 29.8 Å². The van der Waals surface area contributed by atoms with Gasteiger partial charge in [0.1, 0.15) is 5.82 Å². The van der Waals surface area contributed by atoms with Crippen LogP contribution in [0.3, 0.4) is 0 Å². The highest BCUT2D eigenvalue weighted by atomic mass is 35.5. The number of imide groups is 1. The van der Waals surface area contributed by atoms with Crippen molar-refractivity contribution in [1.29, 1.82) is 0 Å². The zero-order valence-corrected chi connectivity index (χ0v) is 12.4. The second kappa shape index (κ2) is 5.68. The minimum Gasteiger partial charge on any atom is -0.299 e. The van der Waals surface area contributed by atoms with Crippen molar-refractivity contribution in [3.63, 3.8) is 0 Å². The Balaban J connectivity index is 2.17. The largest absolute Gasteiger partial charge is 0.299 e. The Labute approximate surface area is 125 Å². The predicted molar refractivity (Wildman–Crippen MR) is 74.2 cm³/mol. The molecule has 2 atom stereocenters. The summed E-state index contributed by atoms with van der Waals surface area (Å²) in [5, 5.41) is 3.24. The molecule has 1 aromatic rings. The van der Waals surface area contributed by atoms with Crippen LogP contribution in [0.4, 0.5) is 4.39 Å². The lowest BCUT2D eigenvalue weighted by Crippen LogP contribution is -2.38. The fourth-order valence-corrected chi connectivity index (χ4v) is 2.69. The van der Waals surface area contributed by atoms with E-state index in [0.717, 1.165) is 4.90 Å². The standard InChI is InChI=1S/C13H13Cl2FN2O2/c1-6(7-3-10(16)9(15)4-8(7)14)17-11-5-12(19)18(2)13(11)20/h3-4,6,11,17H,5H2,1-2H3. The highest BCUT2D eigenvalue weighted by molar-refractivity contribution is 6.35. The Hall–Kier alpha value is -1.17. The summed E-state index contributed by atoms with van der Waals surface area (Å²) < 4.78 is 13.5. The Morgan fingerprint density at radius 1 is 1.35 bits per heavy atom. The van der Waals surface area contributed by atoms with Crippen LogP contribution < -0.4 is 5.32 Å². The number of halogens is 3. The average Bonchev–Trinajstić information content (AvgIpc) is 2.61. The Bertz CT molecular complexity index is 580. The van der Waals surface area contributed by atoms with Crippen LogP contribution in [0.2, 0.25) is 10.0 Å². The molecule has 0 saturated carbocycles. The maximum atomic E-state index is 13.5. The number of hydrogen-bond acceptors (Lipinski definition) is 3. The quantitative estimate of drug-likeness (QED) is 0.688. The summed E-state index contributed by atoms with van der Waals surface area (Å²) in [6, 6.07) is 1.55. The number of carbonyl (C=O) groups excluding carboxylic acids is 2. The molecule has 1 aliphatic heterocycles. The molecular weight excluding hydrogens is 306 g/mol. The summed E-state index contributed by atoms with van der Waals surface area (Å²) in [7, 11) is 1.44. The maximum Gasteiger partial charge on any atom is 0.246 e. The molecule has 2 amide bonds. The van der Waals surface area contributed by atoms with Crippen molar-refractivity contribution in [3.05, 3.63) is 33.6 Å². The van der Waals surface area contributed by atoms with Gasteiger partial charge in [0.15, 0.2) is 0 Å². The Morgan fingerprint density at radius 2 is 2.00 bits per heavy atom. The summed E-state index contributed by atoms with van der Waals surface area (Å²) >= 11 is 11.7. The van der Waals surface area contributed by atoms with E-state index in [4.69, 9.17) is 23.2 Å². The van der Waals surface area contributed by atoms with Crippen LogP contribution in [0.5, 0.6) is 0 Å². The third-order valence-electron chi connectivity index (χ3n) is 3.34. The Morgan fingerprint density at radius 3 is 2.55 bits per heavy atom. The zero-order chi connectivity index (χ0) is 15.0. The fraction of sp³-hybridized carbons (Fsp3) is 0.385. The van der Waals surface area contributed by atoms with Gasteiger partial charge in [-0.25, -0.2) is 4.39 Å². The normalized spacial score (nSPS) is 20.6. The van der Waals surface area contributed by atoms with Gasteiger partial charge in [-0.3, -0.25) is 19.8 Å². The van der Waals surface area contributed by atoms with E-state index in [1.807, 2.05) is 0 Å². The van der Waals surface area contributed by atoms with E-state index >= 15 is 0 Å². The molecule has 0 spiro atoms. The van der Waals surface area contributed by atoms with Crippen LogP contribution >= 0.6 is 23.2 Å². The lowest BCUT2D eigenvalue weighted by atomic mass is 10.1. The molecule has 2 unspecified atom stereocenters. The molecule has 1 aliphatic rings. The van der Waals surface area contributed by atoms with Gasteiger partial charge in [-0.2, -0.15) is 0 Å². The van der Waals surface area contributed by atoms with Gasteiger partial charge in [-0.05, 0) is 24.6 Å². The molecule has 0 aliphatic carbocycles. The highest BCUT2D eigenvalue weighted by Gasteiger charge is 2.36. The van der Waals surface area contributed by atoms with Gasteiger partial charge < -0.3 is 0 Å². The van der Waals surface area contributed by atoms with Crippen molar-refractivity contribution < 1.29 is 14.0 Å². The molecule has 108 valence electrons. The van der Waals surface area contributed by atoms with Crippen molar-refractivity contribution in [2.75, 3.05) is 7.05 Å². The lowest BCUT2D eigenvalue weighted by molar-refractivity contribution is -0.137. The van der Waals surface area contributed by atoms with Crippen LogP contribution in [0.15, 0.2) is 12.1 Å². The molecule has 0 bridgehead atoms. The number of likely N-dealkylation sites (N-methyl/N-ethyl adjacent to an activating group) is 1. The van der Waals surface area contributed by atoms with Gasteiger partial charge in [0, 0.05) is 18.1 Å². The molecule has 1 heterocycles. The molecule has 0 aromatic heterocycles. The molecule has 4 nitrogen and oxygen atoms in total. The summed E-state index contributed by atoms with van der Waals surface area (Å²) in [5.74, 6) is -1.12. The summed E-state index contributed by atoms with van der Waals surface area (Å²) in [4.78, 5) is 24.3. The van der Waals surface area contributed by atoms with Crippen molar-refractivity contribution in [2.45, 2.75) is 25.4 Å². The monoisotopic (exact) mass is 318 g/mol. The summed E-state index contributed by atoms with van der Waals surface area (Å²) in [5.41, 5.74) is 0.489. The van der Waals surface area contributed by atoms with E-state index in [0.29, 0.717) is 10.6 Å². The van der Waals surface area contributed by atoms with Gasteiger partial charge >= 0.3 is 0 Å². The maximum absolute atomic E-state index is 13.5. The molecule has 1 N–H and O–H groups in total. The first-order valence-electron chi connectivity index (χ1n) is 6.02. The molecule has 1 aromatic carbocycles. The number of nitrogens with one attached hydrogen (secondary N) is 1. The SMILES string of the molecule is CC(NC1CC(=O)N(C)C1=O)c1cc(F)c(Cl)cc1Cl. The van der Waals surface area contributed by atoms with E-state index in [9.17, 15) is 14.0 Å². The van der Waals surface area contributed by atoms with Crippen LogP contribution in [0, 0.1) is 5.82 Å². The third kappa shape index (κ3) is 2.80. The Kier molecular flexibility index (Phi) is 4.32. The van der Waals surface area contributed by atoms with Crippen molar-refractivity contribution in [3.8, 4) is 0 Å². The molecule has 7 heteroatoms. The van der Waals surface area contributed by atoms with Gasteiger partial charge in [0.05, 0.1) is 17.5 Å². The van der Waals surface area contributed by atoms with Crippen LogP contribution in [-0.2, 0) is 9.59 Å². The molecule has 1 saturated heterocycles. The molecule has 20 heavy (non-hydrogen) atoms. The summed E-state index contributed by atoms with van der Waals surface area (Å²) in [6.45, 7) is 1.74. The second-order valence-corrected chi connectivity index (χ2v) is 5.54. The smallest absolute Gasteiger partial charge is 0.246 e. The first-order valence-corrected chi connectivity index (χ1v) is 6.77. The minimum atomic E-state index is -0.614. The average molecular weight is 319 g/mol. The van der Waals surface area contributed by atoms with Gasteiger partial charge in [0.25, 0.3) is 0 Å². The predicted octanol–water partition coefficient (Wildman–Crippen LogP) is 2.54. The zero-order valence-electron chi connectivity index (χ0n) is 10.9. The topological polar surface area (TPSA) is 49.4 Å². The van der Waals surface area contributed by atoms with Gasteiger partial charge in [-0.1, -0.05) is 23.2 Å². The van der Waals surface area contributed by atoms with Crippen molar-refractivity contribution >= 4 is 35.0 Å². The van der Waals surface area contributed by atoms with Crippen LogP contribution in [0.1, 0.15) is 24.9 Å². The number of benzene rings is 1. The molecular formula is C13H13Cl2FN2O2. The van der Waals surface area contributed by atoms with Gasteiger partial charge in [0.2, 0.25) is 11.8 Å². The van der Waals surface area contributed by atoms with Crippen molar-refractivity contribution in [2.24, 2.45) is 0 Å². The second-order valence-electron chi connectivity index (χ2n) is 4.72. The highest BCUT2D eigenvalue weighted by Crippen LogP contribution is 2.29. The third-order valence-corrected chi connectivity index (χ3v) is 3.96. The number of rotatable bonds is 3. The number of amides is 2.